The third-order valence-corrected chi connectivity index (χ3v) is 4.20. The summed E-state index contributed by atoms with van der Waals surface area (Å²) >= 11 is 1.47. The van der Waals surface area contributed by atoms with Crippen LogP contribution >= 0.6 is 11.3 Å². The summed E-state index contributed by atoms with van der Waals surface area (Å²) in [7, 11) is 0. The molecule has 0 fully saturated rings. The third-order valence-electron chi connectivity index (χ3n) is 3.12. The monoisotopic (exact) mass is 282 g/mol. The molecule has 0 saturated carbocycles. The Morgan fingerprint density at radius 3 is 2.80 bits per heavy atom. The molecule has 0 unspecified atom stereocenters. The van der Waals surface area contributed by atoms with Crippen molar-refractivity contribution in [3.05, 3.63) is 64.8 Å². The van der Waals surface area contributed by atoms with E-state index in [4.69, 9.17) is 0 Å². The van der Waals surface area contributed by atoms with Gasteiger partial charge in [0.1, 0.15) is 0 Å². The normalized spacial score (nSPS) is 10.7. The minimum atomic E-state index is -0.0354. The fourth-order valence-electron chi connectivity index (χ4n) is 1.97. The molecule has 0 saturated heterocycles. The first kappa shape index (κ1) is 12.8. The highest BCUT2D eigenvalue weighted by molar-refractivity contribution is 7.20. The van der Waals surface area contributed by atoms with Crippen LogP contribution in [0.2, 0.25) is 0 Å². The molecule has 3 nitrogen and oxygen atoms in total. The summed E-state index contributed by atoms with van der Waals surface area (Å²) in [5.74, 6) is -0.0354. The molecule has 2 heterocycles. The summed E-state index contributed by atoms with van der Waals surface area (Å²) in [5.41, 5.74) is 2.32. The third kappa shape index (κ3) is 2.70. The number of thiophene rings is 1. The van der Waals surface area contributed by atoms with Crippen LogP contribution in [-0.2, 0) is 6.54 Å². The van der Waals surface area contributed by atoms with Crippen LogP contribution in [0.3, 0.4) is 0 Å². The minimum absolute atomic E-state index is 0.0354. The predicted molar refractivity (Wildman–Crippen MR) is 82.0 cm³/mol. The van der Waals surface area contributed by atoms with Crippen LogP contribution in [0.15, 0.2) is 48.8 Å². The zero-order valence-electron chi connectivity index (χ0n) is 11.1. The molecule has 1 aromatic carbocycles. The van der Waals surface area contributed by atoms with Gasteiger partial charge < -0.3 is 5.32 Å². The summed E-state index contributed by atoms with van der Waals surface area (Å²) in [6.45, 7) is 2.60. The number of aryl methyl sites for hydroxylation is 1. The molecule has 1 amide bonds. The van der Waals surface area contributed by atoms with E-state index in [0.717, 1.165) is 20.5 Å². The second-order valence-corrected chi connectivity index (χ2v) is 5.78. The second kappa shape index (κ2) is 5.43. The number of benzene rings is 1. The fraction of sp³-hybridized carbons (Fsp3) is 0.125. The van der Waals surface area contributed by atoms with Crippen LogP contribution in [0.4, 0.5) is 0 Å². The number of nitrogens with one attached hydrogen (secondary N) is 1. The lowest BCUT2D eigenvalue weighted by molar-refractivity contribution is 0.0955. The Balaban J connectivity index is 1.71. The molecule has 4 heteroatoms. The van der Waals surface area contributed by atoms with Crippen molar-refractivity contribution in [2.24, 2.45) is 0 Å². The fourth-order valence-corrected chi connectivity index (χ4v) is 2.92. The van der Waals surface area contributed by atoms with Crippen LogP contribution in [0, 0.1) is 6.92 Å². The van der Waals surface area contributed by atoms with Crippen LogP contribution < -0.4 is 5.32 Å². The summed E-state index contributed by atoms with van der Waals surface area (Å²) in [4.78, 5) is 16.9. The van der Waals surface area contributed by atoms with Gasteiger partial charge in [-0.25, -0.2) is 0 Å². The van der Waals surface area contributed by atoms with Gasteiger partial charge in [0, 0.05) is 18.9 Å². The highest BCUT2D eigenvalue weighted by atomic mass is 32.1. The van der Waals surface area contributed by atoms with E-state index in [1.54, 1.807) is 12.4 Å². The molecule has 0 bridgehead atoms. The molecule has 2 aromatic heterocycles. The smallest absolute Gasteiger partial charge is 0.261 e. The first-order valence-electron chi connectivity index (χ1n) is 6.40. The molecule has 0 aliphatic heterocycles. The molecule has 3 rings (SSSR count). The van der Waals surface area contributed by atoms with Gasteiger partial charge in [-0.1, -0.05) is 29.8 Å². The number of aromatic nitrogens is 1. The van der Waals surface area contributed by atoms with Crippen molar-refractivity contribution >= 4 is 27.3 Å². The topological polar surface area (TPSA) is 42.0 Å². The standard InChI is InChI=1S/C16H14N2OS/c1-11-2-4-12(5-3-11)9-18-16(19)14-8-13-6-7-17-10-15(13)20-14/h2-8,10H,9H2,1H3,(H,18,19). The highest BCUT2D eigenvalue weighted by Gasteiger charge is 2.09. The van der Waals surface area contributed by atoms with E-state index >= 15 is 0 Å². The van der Waals surface area contributed by atoms with Gasteiger partial charge in [-0.05, 0) is 30.0 Å². The number of rotatable bonds is 3. The first-order chi connectivity index (χ1) is 9.72. The van der Waals surface area contributed by atoms with E-state index in [2.05, 4.69) is 10.3 Å². The molecule has 0 radical (unpaired) electrons. The maximum atomic E-state index is 12.1. The van der Waals surface area contributed by atoms with E-state index in [-0.39, 0.29) is 5.91 Å². The molecule has 0 aliphatic carbocycles. The summed E-state index contributed by atoms with van der Waals surface area (Å²) in [6.07, 6.45) is 3.53. The number of hydrogen-bond donors (Lipinski definition) is 1. The van der Waals surface area contributed by atoms with Gasteiger partial charge in [-0.3, -0.25) is 9.78 Å². The largest absolute Gasteiger partial charge is 0.347 e. The van der Waals surface area contributed by atoms with E-state index in [0.29, 0.717) is 6.54 Å². The SMILES string of the molecule is Cc1ccc(CNC(=O)c2cc3ccncc3s2)cc1. The quantitative estimate of drug-likeness (QED) is 0.798. The van der Waals surface area contributed by atoms with Crippen molar-refractivity contribution in [3.8, 4) is 0 Å². The van der Waals surface area contributed by atoms with Crippen LogP contribution in [0.1, 0.15) is 20.8 Å². The highest BCUT2D eigenvalue weighted by Crippen LogP contribution is 2.24. The Morgan fingerprint density at radius 2 is 2.05 bits per heavy atom. The van der Waals surface area contributed by atoms with Crippen molar-refractivity contribution in [3.63, 3.8) is 0 Å². The van der Waals surface area contributed by atoms with Crippen LogP contribution in [0.5, 0.6) is 0 Å². The van der Waals surface area contributed by atoms with Crippen molar-refractivity contribution in [2.75, 3.05) is 0 Å². The van der Waals surface area contributed by atoms with Gasteiger partial charge in [0.2, 0.25) is 0 Å². The molecule has 0 atom stereocenters. The maximum absolute atomic E-state index is 12.1. The van der Waals surface area contributed by atoms with E-state index in [1.165, 1.54) is 16.9 Å². The Bertz CT molecular complexity index is 714. The van der Waals surface area contributed by atoms with Gasteiger partial charge >= 0.3 is 0 Å². The van der Waals surface area contributed by atoms with Crippen molar-refractivity contribution < 1.29 is 4.79 Å². The lowest BCUT2D eigenvalue weighted by Gasteiger charge is -2.04. The molecule has 3 aromatic rings. The average molecular weight is 282 g/mol. The zero-order valence-corrected chi connectivity index (χ0v) is 11.9. The minimum Gasteiger partial charge on any atom is -0.347 e. The zero-order chi connectivity index (χ0) is 13.9. The van der Waals surface area contributed by atoms with E-state index < -0.39 is 0 Å². The number of carbonyl (C=O) groups excluding carboxylic acids is 1. The number of amides is 1. The van der Waals surface area contributed by atoms with Gasteiger partial charge in [-0.2, -0.15) is 0 Å². The average Bonchev–Trinajstić information content (AvgIpc) is 2.90. The van der Waals surface area contributed by atoms with E-state index in [1.807, 2.05) is 43.3 Å². The molecule has 100 valence electrons. The second-order valence-electron chi connectivity index (χ2n) is 4.69. The molecule has 0 aliphatic rings. The first-order valence-corrected chi connectivity index (χ1v) is 7.21. The molecule has 20 heavy (non-hydrogen) atoms. The number of carbonyl (C=O) groups is 1. The Morgan fingerprint density at radius 1 is 1.25 bits per heavy atom. The molecule has 0 spiro atoms. The van der Waals surface area contributed by atoms with Gasteiger partial charge in [0.15, 0.2) is 0 Å². The van der Waals surface area contributed by atoms with Gasteiger partial charge in [0.25, 0.3) is 5.91 Å². The summed E-state index contributed by atoms with van der Waals surface area (Å²) in [5, 5.41) is 4.01. The van der Waals surface area contributed by atoms with Gasteiger partial charge in [-0.15, -0.1) is 11.3 Å². The van der Waals surface area contributed by atoms with Gasteiger partial charge in [0.05, 0.1) is 9.58 Å². The van der Waals surface area contributed by atoms with E-state index in [9.17, 15) is 4.79 Å². The molecule has 1 N–H and O–H groups in total. The lowest BCUT2D eigenvalue weighted by atomic mass is 10.1. The molecular formula is C16H14N2OS. The van der Waals surface area contributed by atoms with Crippen LogP contribution in [0.25, 0.3) is 10.1 Å². The van der Waals surface area contributed by atoms with Crippen molar-refractivity contribution in [1.29, 1.82) is 0 Å². The Hall–Kier alpha value is -2.20. The Labute approximate surface area is 121 Å². The lowest BCUT2D eigenvalue weighted by Crippen LogP contribution is -2.21. The number of fused-ring (bicyclic) bond motifs is 1. The summed E-state index contributed by atoms with van der Waals surface area (Å²) in [6, 6.07) is 12.0. The number of nitrogens with zero attached hydrogens (tertiary/aromatic N) is 1. The van der Waals surface area contributed by atoms with Crippen molar-refractivity contribution in [1.82, 2.24) is 10.3 Å². The number of pyridine rings is 1. The predicted octanol–water partition coefficient (Wildman–Crippen LogP) is 3.53. The maximum Gasteiger partial charge on any atom is 0.261 e. The van der Waals surface area contributed by atoms with Crippen molar-refractivity contribution in [2.45, 2.75) is 13.5 Å². The molecular weight excluding hydrogens is 268 g/mol. The number of hydrogen-bond acceptors (Lipinski definition) is 3. The van der Waals surface area contributed by atoms with Crippen LogP contribution in [-0.4, -0.2) is 10.9 Å². The Kier molecular flexibility index (Phi) is 3.48. The summed E-state index contributed by atoms with van der Waals surface area (Å²) < 4.78 is 1.04.